The van der Waals surface area contributed by atoms with E-state index in [4.69, 9.17) is 5.73 Å². The van der Waals surface area contributed by atoms with Gasteiger partial charge in [-0.25, -0.2) is 4.98 Å². The molecule has 3 N–H and O–H groups in total. The minimum absolute atomic E-state index is 0.282. The number of hydrogen-bond acceptors (Lipinski definition) is 5. The van der Waals surface area contributed by atoms with Crippen LogP contribution in [0.3, 0.4) is 0 Å². The van der Waals surface area contributed by atoms with E-state index in [0.29, 0.717) is 12.5 Å². The third kappa shape index (κ3) is 4.33. The molecule has 1 aromatic carbocycles. The number of carbonyl (C=O) groups excluding carboxylic acids is 1. The predicted molar refractivity (Wildman–Crippen MR) is 98.5 cm³/mol. The third-order valence-corrected chi connectivity index (χ3v) is 3.81. The molecule has 0 bridgehead atoms. The Morgan fingerprint density at radius 1 is 1.24 bits per heavy atom. The number of carbonyl (C=O) groups is 1. The van der Waals surface area contributed by atoms with Gasteiger partial charge >= 0.3 is 0 Å². The number of primary amides is 1. The maximum Gasteiger partial charge on any atom is 0.229 e. The number of nitrogens with two attached hydrogens (primary N) is 1. The molecule has 0 spiro atoms. The fraction of sp³-hybridized carbons (Fsp3) is 0.278. The quantitative estimate of drug-likeness (QED) is 0.689. The maximum absolute atomic E-state index is 11.0. The molecule has 3 aromatic rings. The van der Waals surface area contributed by atoms with Gasteiger partial charge in [0.1, 0.15) is 5.65 Å². The molecule has 25 heavy (non-hydrogen) atoms. The van der Waals surface area contributed by atoms with Crippen molar-refractivity contribution < 1.29 is 4.79 Å². The van der Waals surface area contributed by atoms with Gasteiger partial charge < -0.3 is 20.5 Å². The van der Waals surface area contributed by atoms with E-state index in [1.165, 1.54) is 5.56 Å². The highest BCUT2D eigenvalue weighted by Crippen LogP contribution is 2.18. The average Bonchev–Trinajstić information content (AvgIpc) is 2.97. The van der Waals surface area contributed by atoms with Crippen molar-refractivity contribution in [1.82, 2.24) is 19.4 Å². The topological polar surface area (TPSA) is 89.1 Å². The largest absolute Gasteiger partial charge is 0.370 e. The second-order valence-corrected chi connectivity index (χ2v) is 6.26. The molecule has 7 nitrogen and oxygen atoms in total. The van der Waals surface area contributed by atoms with Gasteiger partial charge in [-0.2, -0.15) is 4.98 Å². The first kappa shape index (κ1) is 16.9. The number of aromatic nitrogens is 3. The summed E-state index contributed by atoms with van der Waals surface area (Å²) in [5.74, 6) is 0.193. The summed E-state index contributed by atoms with van der Waals surface area (Å²) >= 11 is 0. The van der Waals surface area contributed by atoms with Crippen LogP contribution >= 0.6 is 0 Å². The standard InChI is InChI=1S/C18H22N6O/c1-23(2)12-13-3-5-15(6-4-13)21-18-20-11-14-7-9-24(17(14)22-18)10-8-16(19)25/h3-7,9,11H,8,10,12H2,1-2H3,(H2,19,25)(H,20,21,22). The van der Waals surface area contributed by atoms with Crippen molar-refractivity contribution in [2.45, 2.75) is 19.5 Å². The Morgan fingerprint density at radius 2 is 2.00 bits per heavy atom. The molecule has 3 rings (SSSR count). The van der Waals surface area contributed by atoms with E-state index in [1.54, 1.807) is 6.20 Å². The van der Waals surface area contributed by atoms with Crippen LogP contribution in [0.5, 0.6) is 0 Å². The zero-order valence-electron chi connectivity index (χ0n) is 14.4. The second kappa shape index (κ2) is 7.31. The summed E-state index contributed by atoms with van der Waals surface area (Å²) in [7, 11) is 4.09. The predicted octanol–water partition coefficient (Wildman–Crippen LogP) is 2.11. The molecule has 0 saturated heterocycles. The van der Waals surface area contributed by atoms with Crippen molar-refractivity contribution in [3.05, 3.63) is 48.3 Å². The molecule has 0 aliphatic carbocycles. The van der Waals surface area contributed by atoms with Crippen LogP contribution in [0, 0.1) is 0 Å². The lowest BCUT2D eigenvalue weighted by Gasteiger charge is -2.11. The number of nitrogens with zero attached hydrogens (tertiary/aromatic N) is 4. The van der Waals surface area contributed by atoms with Gasteiger partial charge in [0.05, 0.1) is 0 Å². The SMILES string of the molecule is CN(C)Cc1ccc(Nc2ncc3ccn(CCC(N)=O)c3n2)cc1. The molecule has 0 unspecified atom stereocenters. The van der Waals surface area contributed by atoms with Gasteiger partial charge in [0.2, 0.25) is 11.9 Å². The minimum Gasteiger partial charge on any atom is -0.370 e. The van der Waals surface area contributed by atoms with E-state index in [0.717, 1.165) is 23.3 Å². The van der Waals surface area contributed by atoms with Gasteiger partial charge in [-0.3, -0.25) is 4.79 Å². The molecule has 0 atom stereocenters. The van der Waals surface area contributed by atoms with Crippen molar-refractivity contribution in [1.29, 1.82) is 0 Å². The Morgan fingerprint density at radius 3 is 2.68 bits per heavy atom. The molecule has 0 aliphatic rings. The number of fused-ring (bicyclic) bond motifs is 1. The van der Waals surface area contributed by atoms with Gasteiger partial charge in [0, 0.05) is 43.0 Å². The minimum atomic E-state index is -0.327. The molecule has 1 amide bonds. The van der Waals surface area contributed by atoms with Crippen LogP contribution in [0.2, 0.25) is 0 Å². The molecule has 130 valence electrons. The van der Waals surface area contributed by atoms with Crippen LogP contribution in [0.25, 0.3) is 11.0 Å². The summed E-state index contributed by atoms with van der Waals surface area (Å²) in [6.45, 7) is 1.41. The normalized spacial score (nSPS) is 11.2. The average molecular weight is 338 g/mol. The molecule has 0 fully saturated rings. The molecule has 0 aliphatic heterocycles. The van der Waals surface area contributed by atoms with E-state index < -0.39 is 0 Å². The summed E-state index contributed by atoms with van der Waals surface area (Å²) in [4.78, 5) is 22.0. The lowest BCUT2D eigenvalue weighted by Crippen LogP contribution is -2.13. The van der Waals surface area contributed by atoms with Crippen LogP contribution in [0.1, 0.15) is 12.0 Å². The number of amides is 1. The number of rotatable bonds is 7. The lowest BCUT2D eigenvalue weighted by atomic mass is 10.2. The Kier molecular flexibility index (Phi) is 4.95. The Hall–Kier alpha value is -2.93. The van der Waals surface area contributed by atoms with Crippen molar-refractivity contribution in [3.8, 4) is 0 Å². The molecule has 7 heteroatoms. The van der Waals surface area contributed by atoms with Gasteiger partial charge in [0.25, 0.3) is 0 Å². The van der Waals surface area contributed by atoms with Crippen molar-refractivity contribution in [3.63, 3.8) is 0 Å². The first-order valence-electron chi connectivity index (χ1n) is 8.12. The van der Waals surface area contributed by atoms with E-state index in [9.17, 15) is 4.79 Å². The maximum atomic E-state index is 11.0. The van der Waals surface area contributed by atoms with Crippen LogP contribution in [0.15, 0.2) is 42.7 Å². The summed E-state index contributed by atoms with van der Waals surface area (Å²) in [5, 5.41) is 4.14. The number of hydrogen-bond donors (Lipinski definition) is 2. The first-order valence-corrected chi connectivity index (χ1v) is 8.12. The highest BCUT2D eigenvalue weighted by atomic mass is 16.1. The van der Waals surface area contributed by atoms with E-state index in [2.05, 4.69) is 32.3 Å². The van der Waals surface area contributed by atoms with Gasteiger partial charge in [-0.1, -0.05) is 12.1 Å². The smallest absolute Gasteiger partial charge is 0.229 e. The fourth-order valence-electron chi connectivity index (χ4n) is 2.63. The van der Waals surface area contributed by atoms with E-state index >= 15 is 0 Å². The van der Waals surface area contributed by atoms with Crippen LogP contribution in [-0.4, -0.2) is 39.4 Å². The van der Waals surface area contributed by atoms with Gasteiger partial charge in [0.15, 0.2) is 0 Å². The number of aryl methyl sites for hydroxylation is 1. The first-order chi connectivity index (χ1) is 12.0. The van der Waals surface area contributed by atoms with Gasteiger partial charge in [-0.15, -0.1) is 0 Å². The fourth-order valence-corrected chi connectivity index (χ4v) is 2.63. The summed E-state index contributed by atoms with van der Waals surface area (Å²) in [5.41, 5.74) is 8.18. The Labute approximate surface area is 146 Å². The number of nitrogens with one attached hydrogen (secondary N) is 1. The van der Waals surface area contributed by atoms with E-state index in [1.807, 2.05) is 43.1 Å². The molecule has 0 saturated carbocycles. The zero-order valence-corrected chi connectivity index (χ0v) is 14.4. The van der Waals surface area contributed by atoms with Crippen LogP contribution < -0.4 is 11.1 Å². The summed E-state index contributed by atoms with van der Waals surface area (Å²) in [6.07, 6.45) is 3.94. The highest BCUT2D eigenvalue weighted by Gasteiger charge is 2.07. The van der Waals surface area contributed by atoms with Gasteiger partial charge in [-0.05, 0) is 37.9 Å². The molecule has 2 aromatic heterocycles. The number of anilines is 2. The molecule has 2 heterocycles. The monoisotopic (exact) mass is 338 g/mol. The second-order valence-electron chi connectivity index (χ2n) is 6.26. The molecular weight excluding hydrogens is 316 g/mol. The third-order valence-electron chi connectivity index (χ3n) is 3.81. The summed E-state index contributed by atoms with van der Waals surface area (Å²) < 4.78 is 1.91. The Bertz CT molecular complexity index is 869. The molecule has 0 radical (unpaired) electrons. The van der Waals surface area contributed by atoms with Crippen molar-refractivity contribution in [2.24, 2.45) is 5.73 Å². The van der Waals surface area contributed by atoms with Crippen molar-refractivity contribution in [2.75, 3.05) is 19.4 Å². The Balaban J connectivity index is 1.77. The number of benzene rings is 1. The lowest BCUT2D eigenvalue weighted by molar-refractivity contribution is -0.118. The zero-order chi connectivity index (χ0) is 17.8. The summed E-state index contributed by atoms with van der Waals surface area (Å²) in [6, 6.07) is 10.1. The van der Waals surface area contributed by atoms with Crippen LogP contribution in [0.4, 0.5) is 11.6 Å². The highest BCUT2D eigenvalue weighted by molar-refractivity contribution is 5.77. The van der Waals surface area contributed by atoms with Crippen molar-refractivity contribution >= 4 is 28.6 Å². The molecular formula is C18H22N6O. The van der Waals surface area contributed by atoms with Crippen LogP contribution in [-0.2, 0) is 17.9 Å². The van der Waals surface area contributed by atoms with E-state index in [-0.39, 0.29) is 12.3 Å².